The lowest BCUT2D eigenvalue weighted by molar-refractivity contribution is -0.131. The maximum atomic E-state index is 13.2. The summed E-state index contributed by atoms with van der Waals surface area (Å²) in [6.07, 6.45) is 1.81. The molecule has 0 spiro atoms. The van der Waals surface area contributed by atoms with Crippen molar-refractivity contribution in [3.05, 3.63) is 64.6 Å². The van der Waals surface area contributed by atoms with Crippen LogP contribution in [0.4, 0.5) is 4.39 Å². The van der Waals surface area contributed by atoms with Crippen LogP contribution in [0.1, 0.15) is 15.9 Å². The Labute approximate surface area is 177 Å². The van der Waals surface area contributed by atoms with Crippen LogP contribution in [-0.4, -0.2) is 54.9 Å². The highest BCUT2D eigenvalue weighted by Gasteiger charge is 2.26. The molecule has 0 saturated carbocycles. The molecule has 0 bridgehead atoms. The smallest absolute Gasteiger partial charge is 0.255 e. The van der Waals surface area contributed by atoms with Crippen molar-refractivity contribution in [2.45, 2.75) is 6.42 Å². The number of amides is 2. The summed E-state index contributed by atoms with van der Waals surface area (Å²) in [6, 6.07) is 9.22. The second-order valence-corrected chi connectivity index (χ2v) is 7.50. The highest BCUT2D eigenvalue weighted by Crippen LogP contribution is 2.26. The molecule has 4 rings (SSSR count). The van der Waals surface area contributed by atoms with Crippen molar-refractivity contribution in [1.82, 2.24) is 9.80 Å². The molecule has 0 N–H and O–H groups in total. The van der Waals surface area contributed by atoms with E-state index >= 15 is 0 Å². The van der Waals surface area contributed by atoms with Gasteiger partial charge in [-0.15, -0.1) is 0 Å². The van der Waals surface area contributed by atoms with Crippen molar-refractivity contribution >= 4 is 34.4 Å². The lowest BCUT2D eigenvalue weighted by atomic mass is 10.1. The van der Waals surface area contributed by atoms with E-state index in [-0.39, 0.29) is 28.8 Å². The fourth-order valence-corrected chi connectivity index (χ4v) is 3.84. The number of ether oxygens (including phenoxy) is 1. The van der Waals surface area contributed by atoms with Crippen molar-refractivity contribution in [3.8, 4) is 5.75 Å². The Morgan fingerprint density at radius 3 is 2.53 bits per heavy atom. The normalized spacial score (nSPS) is 14.2. The van der Waals surface area contributed by atoms with E-state index in [4.69, 9.17) is 20.8 Å². The molecule has 2 amide bonds. The molecule has 2 heterocycles. The van der Waals surface area contributed by atoms with Gasteiger partial charge < -0.3 is 19.0 Å². The molecule has 0 aliphatic carbocycles. The van der Waals surface area contributed by atoms with E-state index in [1.807, 2.05) is 12.1 Å². The number of hydrogen-bond donors (Lipinski definition) is 0. The predicted molar refractivity (Wildman–Crippen MR) is 110 cm³/mol. The molecular formula is C22H20ClFN2O4. The van der Waals surface area contributed by atoms with E-state index in [9.17, 15) is 14.0 Å². The largest absolute Gasteiger partial charge is 0.497 e. The number of halogens is 2. The van der Waals surface area contributed by atoms with Gasteiger partial charge >= 0.3 is 0 Å². The second kappa shape index (κ2) is 8.36. The standard InChI is InChI=1S/C22H20ClFN2O4/c1-29-16-3-5-17-14(13-30-20(17)12-16)10-21(27)25-6-8-26(9-7-25)22(28)18-4-2-15(24)11-19(18)23/h2-5,11-13H,6-10H2,1H3. The Balaban J connectivity index is 1.38. The second-order valence-electron chi connectivity index (χ2n) is 7.10. The van der Waals surface area contributed by atoms with Crippen LogP contribution in [0.15, 0.2) is 47.1 Å². The minimum absolute atomic E-state index is 0.0274. The van der Waals surface area contributed by atoms with Crippen LogP contribution >= 0.6 is 11.6 Å². The Morgan fingerprint density at radius 1 is 1.10 bits per heavy atom. The molecule has 1 saturated heterocycles. The number of piperazine rings is 1. The first-order valence-corrected chi connectivity index (χ1v) is 9.90. The van der Waals surface area contributed by atoms with E-state index in [2.05, 4.69) is 0 Å². The maximum absolute atomic E-state index is 13.2. The van der Waals surface area contributed by atoms with Gasteiger partial charge in [0.05, 0.1) is 30.4 Å². The van der Waals surface area contributed by atoms with Gasteiger partial charge in [-0.1, -0.05) is 11.6 Å². The van der Waals surface area contributed by atoms with Crippen LogP contribution in [-0.2, 0) is 11.2 Å². The average Bonchev–Trinajstić information content (AvgIpc) is 3.15. The van der Waals surface area contributed by atoms with Crippen molar-refractivity contribution < 1.29 is 23.1 Å². The number of rotatable bonds is 4. The van der Waals surface area contributed by atoms with E-state index in [1.165, 1.54) is 12.1 Å². The van der Waals surface area contributed by atoms with Crippen molar-refractivity contribution in [3.63, 3.8) is 0 Å². The van der Waals surface area contributed by atoms with Gasteiger partial charge in [0.15, 0.2) is 0 Å². The third kappa shape index (κ3) is 3.98. The van der Waals surface area contributed by atoms with Crippen LogP contribution in [0.3, 0.4) is 0 Å². The zero-order valence-electron chi connectivity index (χ0n) is 16.4. The zero-order valence-corrected chi connectivity index (χ0v) is 17.1. The molecule has 0 unspecified atom stereocenters. The average molecular weight is 431 g/mol. The van der Waals surface area contributed by atoms with Gasteiger partial charge in [0.1, 0.15) is 17.1 Å². The van der Waals surface area contributed by atoms with Gasteiger partial charge in [0.2, 0.25) is 5.91 Å². The van der Waals surface area contributed by atoms with E-state index in [0.717, 1.165) is 17.0 Å². The summed E-state index contributed by atoms with van der Waals surface area (Å²) < 4.78 is 24.0. The molecule has 0 atom stereocenters. The number of benzene rings is 2. The number of nitrogens with zero attached hydrogens (tertiary/aromatic N) is 2. The fourth-order valence-electron chi connectivity index (χ4n) is 3.59. The van der Waals surface area contributed by atoms with Gasteiger partial charge in [0, 0.05) is 43.2 Å². The van der Waals surface area contributed by atoms with Gasteiger partial charge in [-0.25, -0.2) is 4.39 Å². The highest BCUT2D eigenvalue weighted by molar-refractivity contribution is 6.33. The third-order valence-electron chi connectivity index (χ3n) is 5.29. The molecule has 8 heteroatoms. The Kier molecular flexibility index (Phi) is 5.63. The Morgan fingerprint density at radius 2 is 1.83 bits per heavy atom. The van der Waals surface area contributed by atoms with Crippen molar-refractivity contribution in [2.24, 2.45) is 0 Å². The van der Waals surface area contributed by atoms with Crippen molar-refractivity contribution in [2.75, 3.05) is 33.3 Å². The molecule has 1 aliphatic heterocycles. The van der Waals surface area contributed by atoms with E-state index in [0.29, 0.717) is 37.5 Å². The number of fused-ring (bicyclic) bond motifs is 1. The monoisotopic (exact) mass is 430 g/mol. The van der Waals surface area contributed by atoms with E-state index in [1.54, 1.807) is 29.2 Å². The minimum atomic E-state index is -0.489. The number of methoxy groups -OCH3 is 1. The molecule has 1 fully saturated rings. The first-order valence-electron chi connectivity index (χ1n) is 9.52. The summed E-state index contributed by atoms with van der Waals surface area (Å²) in [5, 5.41) is 0.964. The summed E-state index contributed by atoms with van der Waals surface area (Å²) in [5.74, 6) is -0.0868. The summed E-state index contributed by atoms with van der Waals surface area (Å²) in [6.45, 7) is 1.63. The third-order valence-corrected chi connectivity index (χ3v) is 5.60. The summed E-state index contributed by atoms with van der Waals surface area (Å²) in [7, 11) is 1.59. The quantitative estimate of drug-likeness (QED) is 0.632. The maximum Gasteiger partial charge on any atom is 0.255 e. The minimum Gasteiger partial charge on any atom is -0.497 e. The Hall–Kier alpha value is -3.06. The van der Waals surface area contributed by atoms with Gasteiger partial charge in [-0.2, -0.15) is 0 Å². The van der Waals surface area contributed by atoms with Crippen LogP contribution < -0.4 is 4.74 Å². The topological polar surface area (TPSA) is 63.0 Å². The number of furan rings is 1. The first kappa shape index (κ1) is 20.2. The summed E-state index contributed by atoms with van der Waals surface area (Å²) in [5.41, 5.74) is 1.75. The molecule has 3 aromatic rings. The molecule has 2 aromatic carbocycles. The van der Waals surface area contributed by atoms with Crippen LogP contribution in [0, 0.1) is 5.82 Å². The lowest BCUT2D eigenvalue weighted by Gasteiger charge is -2.35. The molecule has 1 aromatic heterocycles. The highest BCUT2D eigenvalue weighted by atomic mass is 35.5. The number of carbonyl (C=O) groups excluding carboxylic acids is 2. The molecule has 1 aliphatic rings. The summed E-state index contributed by atoms with van der Waals surface area (Å²) in [4.78, 5) is 28.8. The molecule has 30 heavy (non-hydrogen) atoms. The number of hydrogen-bond acceptors (Lipinski definition) is 4. The van der Waals surface area contributed by atoms with Crippen LogP contribution in [0.2, 0.25) is 5.02 Å². The van der Waals surface area contributed by atoms with Crippen LogP contribution in [0.5, 0.6) is 5.75 Å². The van der Waals surface area contributed by atoms with Crippen LogP contribution in [0.25, 0.3) is 11.0 Å². The molecule has 0 radical (unpaired) electrons. The van der Waals surface area contributed by atoms with Gasteiger partial charge in [-0.3, -0.25) is 9.59 Å². The zero-order chi connectivity index (χ0) is 21.3. The molecule has 156 valence electrons. The molecule has 6 nitrogen and oxygen atoms in total. The molecular weight excluding hydrogens is 411 g/mol. The number of carbonyl (C=O) groups is 2. The first-order chi connectivity index (χ1) is 14.5. The van der Waals surface area contributed by atoms with Crippen molar-refractivity contribution in [1.29, 1.82) is 0 Å². The SMILES string of the molecule is COc1ccc2c(CC(=O)N3CCN(C(=O)c4ccc(F)cc4Cl)CC3)coc2c1. The van der Waals surface area contributed by atoms with Gasteiger partial charge in [-0.05, 0) is 30.3 Å². The fraction of sp³-hybridized carbons (Fsp3) is 0.273. The predicted octanol–water partition coefficient (Wildman–Crippen LogP) is 3.76. The summed E-state index contributed by atoms with van der Waals surface area (Å²) >= 11 is 6.00. The lowest BCUT2D eigenvalue weighted by Crippen LogP contribution is -2.51. The van der Waals surface area contributed by atoms with Gasteiger partial charge in [0.25, 0.3) is 5.91 Å². The Bertz CT molecular complexity index is 1110. The van der Waals surface area contributed by atoms with E-state index < -0.39 is 5.82 Å².